The van der Waals surface area contributed by atoms with E-state index in [0.717, 1.165) is 12.0 Å². The van der Waals surface area contributed by atoms with Crippen LogP contribution in [0.3, 0.4) is 0 Å². The minimum absolute atomic E-state index is 0.414. The molecule has 0 aliphatic rings. The van der Waals surface area contributed by atoms with E-state index in [1.165, 1.54) is 7.14 Å². The van der Waals surface area contributed by atoms with Gasteiger partial charge in [-0.25, -0.2) is 0 Å². The molecule has 1 N–H and O–H groups in total. The maximum absolute atomic E-state index is 9.41. The van der Waals surface area contributed by atoms with E-state index in [1.807, 2.05) is 13.0 Å². The van der Waals surface area contributed by atoms with Crippen molar-refractivity contribution in [3.8, 4) is 5.75 Å². The highest BCUT2D eigenvalue weighted by Gasteiger charge is 2.05. The van der Waals surface area contributed by atoms with Crippen molar-refractivity contribution in [2.45, 2.75) is 13.3 Å². The fourth-order valence-electron chi connectivity index (χ4n) is 0.919. The number of phenols is 1. The molecule has 0 spiro atoms. The number of hydrogen-bond acceptors (Lipinski definition) is 1. The van der Waals surface area contributed by atoms with Crippen molar-refractivity contribution in [3.63, 3.8) is 0 Å². The molecule has 0 aromatic heterocycles. The normalized spacial score (nSPS) is 10.1. The zero-order valence-electron chi connectivity index (χ0n) is 6.06. The Labute approximate surface area is 93.5 Å². The Morgan fingerprint density at radius 1 is 1.36 bits per heavy atom. The van der Waals surface area contributed by atoms with Gasteiger partial charge >= 0.3 is 0 Å². The van der Waals surface area contributed by atoms with Crippen molar-refractivity contribution in [1.29, 1.82) is 0 Å². The molecule has 0 heterocycles. The number of rotatable bonds is 1. The van der Waals surface area contributed by atoms with Crippen LogP contribution in [0.4, 0.5) is 0 Å². The van der Waals surface area contributed by atoms with E-state index in [9.17, 15) is 5.11 Å². The number of aromatic hydroxyl groups is 1. The number of halogens is 2. The van der Waals surface area contributed by atoms with Gasteiger partial charge < -0.3 is 5.11 Å². The maximum Gasteiger partial charge on any atom is 0.119 e. The first kappa shape index (κ1) is 9.57. The minimum Gasteiger partial charge on any atom is -0.508 e. The Morgan fingerprint density at radius 3 is 2.45 bits per heavy atom. The third-order valence-electron chi connectivity index (χ3n) is 1.52. The van der Waals surface area contributed by atoms with E-state index in [1.54, 1.807) is 6.07 Å². The van der Waals surface area contributed by atoms with Crippen LogP contribution >= 0.6 is 45.2 Å². The molecule has 11 heavy (non-hydrogen) atoms. The molecule has 0 unspecified atom stereocenters. The summed E-state index contributed by atoms with van der Waals surface area (Å²) in [5.41, 5.74) is 1.05. The SMILES string of the molecule is CCc1c(O)ccc(I)c1I. The Bertz CT molecular complexity index is 271. The number of benzene rings is 1. The molecular formula is C8H8I2O. The molecule has 0 saturated heterocycles. The van der Waals surface area contributed by atoms with E-state index in [0.29, 0.717) is 5.75 Å². The lowest BCUT2D eigenvalue weighted by Crippen LogP contribution is -1.89. The van der Waals surface area contributed by atoms with Gasteiger partial charge in [-0.1, -0.05) is 6.92 Å². The van der Waals surface area contributed by atoms with Crippen molar-refractivity contribution < 1.29 is 5.11 Å². The first-order valence-electron chi connectivity index (χ1n) is 3.32. The van der Waals surface area contributed by atoms with Crippen molar-refractivity contribution in [2.24, 2.45) is 0 Å². The topological polar surface area (TPSA) is 20.2 Å². The monoisotopic (exact) mass is 374 g/mol. The first-order chi connectivity index (χ1) is 5.16. The number of phenolic OH excluding ortho intramolecular Hbond substituents is 1. The van der Waals surface area contributed by atoms with Gasteiger partial charge in [-0.15, -0.1) is 0 Å². The quantitative estimate of drug-likeness (QED) is 0.750. The summed E-state index contributed by atoms with van der Waals surface area (Å²) in [5.74, 6) is 0.414. The fourth-order valence-corrected chi connectivity index (χ4v) is 2.26. The molecule has 1 rings (SSSR count). The molecule has 0 aliphatic heterocycles. The van der Waals surface area contributed by atoms with Crippen LogP contribution in [-0.4, -0.2) is 5.11 Å². The summed E-state index contributed by atoms with van der Waals surface area (Å²) in [6, 6.07) is 3.68. The molecular weight excluding hydrogens is 366 g/mol. The van der Waals surface area contributed by atoms with Crippen LogP contribution in [0.2, 0.25) is 0 Å². The van der Waals surface area contributed by atoms with Crippen LogP contribution in [0.25, 0.3) is 0 Å². The summed E-state index contributed by atoms with van der Waals surface area (Å²) >= 11 is 4.53. The van der Waals surface area contributed by atoms with Gasteiger partial charge in [0.25, 0.3) is 0 Å². The standard InChI is InChI=1S/C8H8I2O/c1-2-5-7(11)4-3-6(9)8(5)10/h3-4,11H,2H2,1H3. The highest BCUT2D eigenvalue weighted by atomic mass is 127. The van der Waals surface area contributed by atoms with E-state index in [-0.39, 0.29) is 0 Å². The molecule has 0 amide bonds. The molecule has 60 valence electrons. The zero-order valence-corrected chi connectivity index (χ0v) is 10.4. The molecule has 0 bridgehead atoms. The molecule has 0 radical (unpaired) electrons. The zero-order chi connectivity index (χ0) is 8.43. The largest absolute Gasteiger partial charge is 0.508 e. The molecule has 1 aromatic rings. The Kier molecular flexibility index (Phi) is 3.42. The highest BCUT2D eigenvalue weighted by molar-refractivity contribution is 14.1. The molecule has 1 aromatic carbocycles. The average molecular weight is 374 g/mol. The smallest absolute Gasteiger partial charge is 0.119 e. The van der Waals surface area contributed by atoms with Crippen molar-refractivity contribution in [3.05, 3.63) is 24.8 Å². The average Bonchev–Trinajstić information content (AvgIpc) is 1.99. The molecule has 0 aliphatic carbocycles. The van der Waals surface area contributed by atoms with Gasteiger partial charge in [0.15, 0.2) is 0 Å². The summed E-state index contributed by atoms with van der Waals surface area (Å²) in [4.78, 5) is 0. The van der Waals surface area contributed by atoms with Crippen LogP contribution in [0, 0.1) is 7.14 Å². The summed E-state index contributed by atoms with van der Waals surface area (Å²) < 4.78 is 2.38. The lowest BCUT2D eigenvalue weighted by Gasteiger charge is -2.05. The van der Waals surface area contributed by atoms with Crippen LogP contribution in [-0.2, 0) is 6.42 Å². The molecule has 1 nitrogen and oxygen atoms in total. The van der Waals surface area contributed by atoms with Gasteiger partial charge in [-0.3, -0.25) is 0 Å². The van der Waals surface area contributed by atoms with Gasteiger partial charge in [-0.05, 0) is 63.7 Å². The predicted molar refractivity (Wildman–Crippen MR) is 62.9 cm³/mol. The summed E-state index contributed by atoms with van der Waals surface area (Å²) in [5, 5.41) is 9.41. The molecule has 0 atom stereocenters. The number of hydrogen-bond donors (Lipinski definition) is 1. The predicted octanol–water partition coefficient (Wildman–Crippen LogP) is 3.16. The van der Waals surface area contributed by atoms with Crippen molar-refractivity contribution in [2.75, 3.05) is 0 Å². The van der Waals surface area contributed by atoms with Gasteiger partial charge in [0.2, 0.25) is 0 Å². The van der Waals surface area contributed by atoms with Crippen LogP contribution in [0.1, 0.15) is 12.5 Å². The van der Waals surface area contributed by atoms with Crippen LogP contribution in [0.15, 0.2) is 12.1 Å². The first-order valence-corrected chi connectivity index (χ1v) is 5.48. The van der Waals surface area contributed by atoms with E-state index in [4.69, 9.17) is 0 Å². The van der Waals surface area contributed by atoms with Crippen LogP contribution < -0.4 is 0 Å². The third kappa shape index (κ3) is 1.99. The van der Waals surface area contributed by atoms with E-state index >= 15 is 0 Å². The molecule has 3 heteroatoms. The maximum atomic E-state index is 9.41. The van der Waals surface area contributed by atoms with E-state index in [2.05, 4.69) is 45.2 Å². The fraction of sp³-hybridized carbons (Fsp3) is 0.250. The van der Waals surface area contributed by atoms with Gasteiger partial charge in [-0.2, -0.15) is 0 Å². The molecule has 0 saturated carbocycles. The lowest BCUT2D eigenvalue weighted by atomic mass is 10.1. The summed E-state index contributed by atoms with van der Waals surface area (Å²) in [7, 11) is 0. The van der Waals surface area contributed by atoms with Gasteiger partial charge in [0.1, 0.15) is 5.75 Å². The van der Waals surface area contributed by atoms with Crippen LogP contribution in [0.5, 0.6) is 5.75 Å². The minimum atomic E-state index is 0.414. The lowest BCUT2D eigenvalue weighted by molar-refractivity contribution is 0.468. The summed E-state index contributed by atoms with van der Waals surface area (Å²) in [6.45, 7) is 2.05. The second-order valence-electron chi connectivity index (χ2n) is 2.21. The van der Waals surface area contributed by atoms with Gasteiger partial charge in [0, 0.05) is 12.7 Å². The molecule has 0 fully saturated rings. The van der Waals surface area contributed by atoms with Crippen molar-refractivity contribution in [1.82, 2.24) is 0 Å². The second kappa shape index (κ2) is 3.93. The van der Waals surface area contributed by atoms with Crippen molar-refractivity contribution >= 4 is 45.2 Å². The highest BCUT2D eigenvalue weighted by Crippen LogP contribution is 2.27. The Hall–Kier alpha value is 0.480. The third-order valence-corrected chi connectivity index (χ3v) is 4.69. The van der Waals surface area contributed by atoms with Gasteiger partial charge in [0.05, 0.1) is 0 Å². The Balaban J connectivity index is 3.29. The Morgan fingerprint density at radius 2 is 2.00 bits per heavy atom. The van der Waals surface area contributed by atoms with E-state index < -0.39 is 0 Å². The summed E-state index contributed by atoms with van der Waals surface area (Å²) in [6.07, 6.45) is 0.890. The second-order valence-corrected chi connectivity index (χ2v) is 4.45.